The van der Waals surface area contributed by atoms with E-state index in [0.717, 1.165) is 5.92 Å². The highest BCUT2D eigenvalue weighted by atomic mass is 15.0. The molecule has 0 unspecified atom stereocenters. The van der Waals surface area contributed by atoms with E-state index in [0.29, 0.717) is 0 Å². The minimum Gasteiger partial charge on any atom is -0.307 e. The zero-order valence-electron chi connectivity index (χ0n) is 22.3. The molecule has 0 N–H and O–H groups in total. The fourth-order valence-corrected chi connectivity index (χ4v) is 7.78. The van der Waals surface area contributed by atoms with Crippen LogP contribution in [-0.2, 0) is 13.5 Å². The van der Waals surface area contributed by atoms with Gasteiger partial charge in [0.15, 0.2) is 6.20 Å². The second kappa shape index (κ2) is 7.44. The van der Waals surface area contributed by atoms with E-state index in [1.807, 2.05) is 0 Å². The number of aryl methyl sites for hydroxylation is 4. The third-order valence-electron chi connectivity index (χ3n) is 9.53. The number of hydrogen-bond acceptors (Lipinski definition) is 0. The van der Waals surface area contributed by atoms with E-state index in [4.69, 9.17) is 0 Å². The summed E-state index contributed by atoms with van der Waals surface area (Å²) < 4.78 is 5.04. The standard InChI is InChI=1S/C35H33N2/c1-20-12-14-26-21(2)30-32(22(3)29(26)18-20)37-33-25(19-23-8-5-6-9-23)10-7-11-27(33)28-15-13-24-16-17-36(4)35(30)31(24)34(28)37/h7,10-18,23H,5-6,8-9,19H2,1-4H3/q+1. The number of aromatic nitrogens is 2. The second-order valence-electron chi connectivity index (χ2n) is 11.7. The molecule has 0 bridgehead atoms. The Hall–Kier alpha value is -3.65. The van der Waals surface area contributed by atoms with E-state index in [1.54, 1.807) is 0 Å². The average Bonchev–Trinajstić information content (AvgIpc) is 3.53. The molecule has 3 aromatic heterocycles. The lowest BCUT2D eigenvalue weighted by molar-refractivity contribution is -0.643. The molecule has 0 spiro atoms. The maximum absolute atomic E-state index is 2.68. The van der Waals surface area contributed by atoms with Crippen molar-refractivity contribution in [3.05, 3.63) is 83.0 Å². The molecular formula is C35H33N2+. The molecule has 0 atom stereocenters. The Bertz CT molecular complexity index is 2050. The summed E-state index contributed by atoms with van der Waals surface area (Å²) in [7, 11) is 2.22. The summed E-state index contributed by atoms with van der Waals surface area (Å²) in [6.45, 7) is 6.91. The molecule has 4 aromatic carbocycles. The van der Waals surface area contributed by atoms with Crippen LogP contribution < -0.4 is 4.57 Å². The van der Waals surface area contributed by atoms with Gasteiger partial charge < -0.3 is 4.40 Å². The van der Waals surface area contributed by atoms with Crippen LogP contribution in [0.15, 0.2) is 60.8 Å². The average molecular weight is 482 g/mol. The Labute approximate surface area is 217 Å². The van der Waals surface area contributed by atoms with Crippen molar-refractivity contribution in [1.82, 2.24) is 4.40 Å². The second-order valence-corrected chi connectivity index (χ2v) is 11.7. The van der Waals surface area contributed by atoms with Crippen LogP contribution in [-0.4, -0.2) is 4.40 Å². The first-order chi connectivity index (χ1) is 18.0. The van der Waals surface area contributed by atoms with Gasteiger partial charge in [-0.3, -0.25) is 0 Å². The molecule has 37 heavy (non-hydrogen) atoms. The maximum Gasteiger partial charge on any atom is 0.224 e. The number of fused-ring (bicyclic) bond motifs is 7. The SMILES string of the molecule is Cc1ccc2c(C)c3c(c(C)c2c1)n1c2c(CC4CCCC4)cccc2c2ccc4cc[n+](C)c3c4c21. The first-order valence-electron chi connectivity index (χ1n) is 13.9. The zero-order valence-corrected chi connectivity index (χ0v) is 22.3. The molecule has 0 radical (unpaired) electrons. The highest BCUT2D eigenvalue weighted by Crippen LogP contribution is 2.45. The largest absolute Gasteiger partial charge is 0.307 e. The summed E-state index contributed by atoms with van der Waals surface area (Å²) in [4.78, 5) is 0. The Morgan fingerprint density at radius 3 is 2.38 bits per heavy atom. The Balaban J connectivity index is 1.71. The monoisotopic (exact) mass is 481 g/mol. The molecule has 8 rings (SSSR count). The lowest BCUT2D eigenvalue weighted by atomic mass is 9.92. The van der Waals surface area contributed by atoms with Gasteiger partial charge in [-0.1, -0.05) is 79.8 Å². The summed E-state index contributed by atoms with van der Waals surface area (Å²) in [6.07, 6.45) is 8.95. The third-order valence-corrected chi connectivity index (χ3v) is 9.53. The molecule has 7 aromatic rings. The molecular weight excluding hydrogens is 448 g/mol. The summed E-state index contributed by atoms with van der Waals surface area (Å²) >= 11 is 0. The van der Waals surface area contributed by atoms with Crippen molar-refractivity contribution in [2.75, 3.05) is 0 Å². The molecule has 1 aliphatic carbocycles. The lowest BCUT2D eigenvalue weighted by Crippen LogP contribution is -2.29. The summed E-state index contributed by atoms with van der Waals surface area (Å²) in [6, 6.07) is 21.1. The summed E-state index contributed by atoms with van der Waals surface area (Å²) in [5, 5.41) is 9.66. The van der Waals surface area contributed by atoms with Gasteiger partial charge in [0.25, 0.3) is 0 Å². The number of benzene rings is 4. The highest BCUT2D eigenvalue weighted by molar-refractivity contribution is 6.29. The van der Waals surface area contributed by atoms with E-state index >= 15 is 0 Å². The van der Waals surface area contributed by atoms with Gasteiger partial charge in [-0.15, -0.1) is 0 Å². The van der Waals surface area contributed by atoms with Gasteiger partial charge in [0.1, 0.15) is 7.05 Å². The fraction of sp³-hybridized carbons (Fsp3) is 0.286. The van der Waals surface area contributed by atoms with Crippen molar-refractivity contribution in [2.24, 2.45) is 13.0 Å². The lowest BCUT2D eigenvalue weighted by Gasteiger charge is -2.18. The van der Waals surface area contributed by atoms with Gasteiger partial charge in [-0.25, -0.2) is 4.57 Å². The predicted molar refractivity (Wildman–Crippen MR) is 157 cm³/mol. The van der Waals surface area contributed by atoms with Gasteiger partial charge >= 0.3 is 0 Å². The van der Waals surface area contributed by atoms with Crippen LogP contribution in [0.1, 0.15) is 47.9 Å². The van der Waals surface area contributed by atoms with E-state index in [9.17, 15) is 0 Å². The number of pyridine rings is 2. The van der Waals surface area contributed by atoms with Crippen molar-refractivity contribution < 1.29 is 4.57 Å². The molecule has 0 saturated heterocycles. The van der Waals surface area contributed by atoms with Crippen LogP contribution in [0.3, 0.4) is 0 Å². The number of rotatable bonds is 2. The van der Waals surface area contributed by atoms with Crippen molar-refractivity contribution >= 4 is 59.8 Å². The summed E-state index contributed by atoms with van der Waals surface area (Å²) in [5.41, 5.74) is 11.2. The Morgan fingerprint density at radius 1 is 0.757 bits per heavy atom. The quantitative estimate of drug-likeness (QED) is 0.133. The fourth-order valence-electron chi connectivity index (χ4n) is 7.78. The van der Waals surface area contributed by atoms with Crippen LogP contribution in [0.4, 0.5) is 0 Å². The zero-order chi connectivity index (χ0) is 25.0. The van der Waals surface area contributed by atoms with Gasteiger partial charge in [-0.05, 0) is 66.0 Å². The number of nitrogens with zero attached hydrogens (tertiary/aromatic N) is 2. The topological polar surface area (TPSA) is 8.29 Å². The minimum absolute atomic E-state index is 0.812. The molecule has 3 heterocycles. The first kappa shape index (κ1) is 21.4. The molecule has 1 aliphatic rings. The summed E-state index contributed by atoms with van der Waals surface area (Å²) in [5.74, 6) is 0.812. The van der Waals surface area contributed by atoms with Crippen LogP contribution in [0.5, 0.6) is 0 Å². The highest BCUT2D eigenvalue weighted by Gasteiger charge is 2.27. The Morgan fingerprint density at radius 2 is 1.54 bits per heavy atom. The number of hydrogen-bond donors (Lipinski definition) is 0. The van der Waals surface area contributed by atoms with Crippen LogP contribution in [0.2, 0.25) is 0 Å². The molecule has 1 saturated carbocycles. The van der Waals surface area contributed by atoms with Gasteiger partial charge in [0, 0.05) is 16.8 Å². The van der Waals surface area contributed by atoms with E-state index in [-0.39, 0.29) is 0 Å². The smallest absolute Gasteiger partial charge is 0.224 e. The normalized spacial score (nSPS) is 15.1. The van der Waals surface area contributed by atoms with Crippen molar-refractivity contribution in [1.29, 1.82) is 0 Å². The van der Waals surface area contributed by atoms with Crippen molar-refractivity contribution in [3.63, 3.8) is 0 Å². The number of para-hydroxylation sites is 1. The predicted octanol–water partition coefficient (Wildman–Crippen LogP) is 8.63. The van der Waals surface area contributed by atoms with Crippen LogP contribution >= 0.6 is 0 Å². The third kappa shape index (κ3) is 2.74. The molecule has 2 nitrogen and oxygen atoms in total. The van der Waals surface area contributed by atoms with Crippen LogP contribution in [0, 0.1) is 26.7 Å². The van der Waals surface area contributed by atoms with Crippen molar-refractivity contribution in [3.8, 4) is 0 Å². The molecule has 2 heteroatoms. The van der Waals surface area contributed by atoms with Crippen molar-refractivity contribution in [2.45, 2.75) is 52.9 Å². The van der Waals surface area contributed by atoms with Crippen LogP contribution in [0.25, 0.3) is 59.8 Å². The van der Waals surface area contributed by atoms with Gasteiger partial charge in [-0.2, -0.15) is 0 Å². The first-order valence-corrected chi connectivity index (χ1v) is 13.9. The minimum atomic E-state index is 0.812. The van der Waals surface area contributed by atoms with Gasteiger partial charge in [0.2, 0.25) is 5.52 Å². The molecule has 0 amide bonds. The van der Waals surface area contributed by atoms with E-state index in [2.05, 4.69) is 97.6 Å². The Kier molecular flexibility index (Phi) is 4.31. The maximum atomic E-state index is 2.68. The molecule has 1 fully saturated rings. The molecule has 182 valence electrons. The van der Waals surface area contributed by atoms with E-state index in [1.165, 1.54) is 114 Å². The van der Waals surface area contributed by atoms with Gasteiger partial charge in [0.05, 0.1) is 27.3 Å². The molecule has 0 aliphatic heterocycles. The van der Waals surface area contributed by atoms with E-state index < -0.39 is 0 Å².